The second-order valence-corrected chi connectivity index (χ2v) is 6.92. The van der Waals surface area contributed by atoms with Crippen molar-refractivity contribution in [2.75, 3.05) is 38.2 Å². The van der Waals surface area contributed by atoms with Crippen molar-refractivity contribution in [3.8, 4) is 0 Å². The Morgan fingerprint density at radius 1 is 1.12 bits per heavy atom. The van der Waals surface area contributed by atoms with Crippen molar-refractivity contribution < 1.29 is 31.5 Å². The lowest BCUT2D eigenvalue weighted by Crippen LogP contribution is -2.03. The van der Waals surface area contributed by atoms with Gasteiger partial charge in [0, 0.05) is 11.8 Å². The van der Waals surface area contributed by atoms with Crippen molar-refractivity contribution in [1.29, 1.82) is 0 Å². The highest BCUT2D eigenvalue weighted by Gasteiger charge is 2.43. The molecule has 0 aromatic rings. The average Bonchev–Trinajstić information content (AvgIpc) is 2.70. The highest BCUT2D eigenvalue weighted by atomic mass is 35.5. The zero-order valence-corrected chi connectivity index (χ0v) is 12.1. The first-order chi connectivity index (χ1) is 8.04. The van der Waals surface area contributed by atoms with Crippen LogP contribution in [0.3, 0.4) is 0 Å². The molecule has 0 saturated carbocycles. The third-order valence-electron chi connectivity index (χ3n) is 1.44. The molecule has 0 unspecified atom stereocenters. The van der Waals surface area contributed by atoms with Crippen molar-refractivity contribution in [2.45, 2.75) is 0 Å². The molecule has 0 radical (unpaired) electrons. The molecule has 17 heavy (non-hydrogen) atoms. The van der Waals surface area contributed by atoms with E-state index in [4.69, 9.17) is 45.6 Å². The van der Waals surface area contributed by atoms with Gasteiger partial charge in [-0.1, -0.05) is 0 Å². The molecule has 0 atom stereocenters. The number of hydrogen-bond acceptors (Lipinski definition) is 7. The van der Waals surface area contributed by atoms with Crippen LogP contribution in [0.15, 0.2) is 0 Å². The maximum atomic E-state index is 12.0. The zero-order chi connectivity index (χ0) is 12.8. The molecular formula is C6H12Cl2O7P2. The SMILES string of the molecule is O=P(OCCCl)(OCCCl)OP1(=O)OCCO1. The molecule has 0 spiro atoms. The van der Waals surface area contributed by atoms with E-state index in [1.807, 2.05) is 0 Å². The van der Waals surface area contributed by atoms with Crippen LogP contribution < -0.4 is 0 Å². The molecule has 0 N–H and O–H groups in total. The summed E-state index contributed by atoms with van der Waals surface area (Å²) in [7, 11) is -7.92. The zero-order valence-electron chi connectivity index (χ0n) is 8.75. The Morgan fingerprint density at radius 3 is 2.00 bits per heavy atom. The van der Waals surface area contributed by atoms with E-state index in [2.05, 4.69) is 0 Å². The Kier molecular flexibility index (Phi) is 6.95. The van der Waals surface area contributed by atoms with Crippen molar-refractivity contribution in [3.05, 3.63) is 0 Å². The lowest BCUT2D eigenvalue weighted by Gasteiger charge is -2.18. The van der Waals surface area contributed by atoms with Gasteiger partial charge in [0.05, 0.1) is 26.4 Å². The minimum atomic E-state index is -4.05. The molecular weight excluding hydrogens is 317 g/mol. The van der Waals surface area contributed by atoms with Gasteiger partial charge in [0.15, 0.2) is 0 Å². The van der Waals surface area contributed by atoms with Gasteiger partial charge in [-0.25, -0.2) is 9.13 Å². The number of halogens is 2. The van der Waals surface area contributed by atoms with E-state index in [1.165, 1.54) is 0 Å². The van der Waals surface area contributed by atoms with Gasteiger partial charge in [0.1, 0.15) is 0 Å². The molecule has 0 amide bonds. The van der Waals surface area contributed by atoms with Gasteiger partial charge in [-0.05, 0) is 0 Å². The number of rotatable bonds is 8. The summed E-state index contributed by atoms with van der Waals surface area (Å²) in [5.74, 6) is 0.146. The molecule has 7 nitrogen and oxygen atoms in total. The van der Waals surface area contributed by atoms with Gasteiger partial charge in [0.25, 0.3) is 0 Å². The molecule has 1 rings (SSSR count). The van der Waals surface area contributed by atoms with Crippen LogP contribution >= 0.6 is 38.8 Å². The van der Waals surface area contributed by atoms with Crippen LogP contribution in [0, 0.1) is 0 Å². The van der Waals surface area contributed by atoms with Crippen LogP contribution in [0.5, 0.6) is 0 Å². The molecule has 1 aliphatic heterocycles. The lowest BCUT2D eigenvalue weighted by atomic mass is 10.8. The van der Waals surface area contributed by atoms with E-state index in [-0.39, 0.29) is 38.2 Å². The van der Waals surface area contributed by atoms with E-state index in [0.29, 0.717) is 0 Å². The van der Waals surface area contributed by atoms with E-state index in [1.54, 1.807) is 0 Å². The molecule has 1 heterocycles. The summed E-state index contributed by atoms with van der Waals surface area (Å²) in [4.78, 5) is 0. The highest BCUT2D eigenvalue weighted by Crippen LogP contribution is 2.67. The summed E-state index contributed by atoms with van der Waals surface area (Å²) in [6.07, 6.45) is 0. The van der Waals surface area contributed by atoms with Crippen LogP contribution in [0.4, 0.5) is 0 Å². The lowest BCUT2D eigenvalue weighted by molar-refractivity contribution is 0.149. The smallest absolute Gasteiger partial charge is 0.285 e. The van der Waals surface area contributed by atoms with Crippen molar-refractivity contribution in [3.63, 3.8) is 0 Å². The van der Waals surface area contributed by atoms with E-state index >= 15 is 0 Å². The normalized spacial score (nSPS) is 19.6. The molecule has 1 aliphatic rings. The number of hydrogen-bond donors (Lipinski definition) is 0. The van der Waals surface area contributed by atoms with Gasteiger partial charge in [-0.15, -0.1) is 23.2 Å². The van der Waals surface area contributed by atoms with Crippen molar-refractivity contribution >= 4 is 38.8 Å². The van der Waals surface area contributed by atoms with Crippen molar-refractivity contribution in [1.82, 2.24) is 0 Å². The summed E-state index contributed by atoms with van der Waals surface area (Å²) < 4.78 is 47.4. The van der Waals surface area contributed by atoms with Gasteiger partial charge in [0.2, 0.25) is 0 Å². The number of phosphoric acid groups is 2. The fourth-order valence-corrected chi connectivity index (χ4v) is 4.36. The number of phosphoric ester groups is 2. The second kappa shape index (κ2) is 7.43. The largest absolute Gasteiger partial charge is 0.483 e. The Hall–Kier alpha value is 0.840. The monoisotopic (exact) mass is 328 g/mol. The minimum Gasteiger partial charge on any atom is -0.285 e. The first-order valence-corrected chi connectivity index (χ1v) is 8.64. The number of alkyl halides is 2. The maximum absolute atomic E-state index is 12.0. The summed E-state index contributed by atoms with van der Waals surface area (Å²) in [5, 5.41) is 0. The quantitative estimate of drug-likeness (QED) is 0.500. The van der Waals surface area contributed by atoms with Crippen LogP contribution in [0.1, 0.15) is 0 Å². The van der Waals surface area contributed by atoms with Crippen LogP contribution in [-0.4, -0.2) is 38.2 Å². The second-order valence-electron chi connectivity index (χ2n) is 2.69. The summed E-state index contributed by atoms with van der Waals surface area (Å²) in [6.45, 7) is -0.0210. The molecule has 0 aromatic heterocycles. The van der Waals surface area contributed by atoms with E-state index in [0.717, 1.165) is 0 Å². The molecule has 102 valence electrons. The Bertz CT molecular complexity index is 303. The highest BCUT2D eigenvalue weighted by molar-refractivity contribution is 7.62. The molecule has 1 saturated heterocycles. The molecule has 11 heteroatoms. The Morgan fingerprint density at radius 2 is 1.59 bits per heavy atom. The summed E-state index contributed by atoms with van der Waals surface area (Å²) in [6, 6.07) is 0. The van der Waals surface area contributed by atoms with E-state index in [9.17, 15) is 9.13 Å². The predicted octanol–water partition coefficient (Wildman–Crippen LogP) is 2.78. The molecule has 0 aromatic carbocycles. The fraction of sp³-hybridized carbons (Fsp3) is 1.00. The van der Waals surface area contributed by atoms with Gasteiger partial charge in [-0.2, -0.15) is 4.31 Å². The van der Waals surface area contributed by atoms with Gasteiger partial charge < -0.3 is 0 Å². The van der Waals surface area contributed by atoms with Gasteiger partial charge in [-0.3, -0.25) is 18.1 Å². The van der Waals surface area contributed by atoms with Crippen LogP contribution in [0.25, 0.3) is 0 Å². The third kappa shape index (κ3) is 5.55. The third-order valence-corrected chi connectivity index (χ3v) is 5.34. The topological polar surface area (TPSA) is 80.3 Å². The summed E-state index contributed by atoms with van der Waals surface area (Å²) >= 11 is 10.8. The Balaban J connectivity index is 2.61. The molecule has 0 bridgehead atoms. The predicted molar refractivity (Wildman–Crippen MR) is 61.5 cm³/mol. The van der Waals surface area contributed by atoms with Crippen LogP contribution in [0.2, 0.25) is 0 Å². The maximum Gasteiger partial charge on any atom is 0.483 e. The average molecular weight is 329 g/mol. The first kappa shape index (κ1) is 15.9. The minimum absolute atomic E-state index is 0.0730. The first-order valence-electron chi connectivity index (χ1n) is 4.65. The van der Waals surface area contributed by atoms with Gasteiger partial charge >= 0.3 is 15.6 Å². The summed E-state index contributed by atoms with van der Waals surface area (Å²) in [5.41, 5.74) is 0. The molecule has 1 fully saturated rings. The van der Waals surface area contributed by atoms with Crippen LogP contribution in [-0.2, 0) is 31.5 Å². The standard InChI is InChI=1S/C6H12Cl2O7P2/c7-1-3-11-16(9,12-4-2-8)15-17(10)13-5-6-14-17/h1-6H2. The van der Waals surface area contributed by atoms with Crippen molar-refractivity contribution in [2.24, 2.45) is 0 Å². The Labute approximate surface area is 109 Å². The molecule has 0 aliphatic carbocycles. The van der Waals surface area contributed by atoms with E-state index < -0.39 is 15.6 Å². The fourth-order valence-electron chi connectivity index (χ4n) is 0.882.